The van der Waals surface area contributed by atoms with Gasteiger partial charge in [-0.15, -0.1) is 0 Å². The SMILES string of the molecule is NB(OCC(O)CO)OCC(O)CO. The summed E-state index contributed by atoms with van der Waals surface area (Å²) in [5.74, 6) is 0. The Morgan fingerprint density at radius 3 is 1.64 bits per heavy atom. The van der Waals surface area contributed by atoms with Crippen LogP contribution >= 0.6 is 0 Å². The zero-order valence-corrected chi connectivity index (χ0v) is 7.74. The molecule has 8 heteroatoms. The molecule has 84 valence electrons. The van der Waals surface area contributed by atoms with Crippen molar-refractivity contribution < 1.29 is 29.7 Å². The number of rotatable bonds is 8. The molecule has 7 nitrogen and oxygen atoms in total. The fourth-order valence-electron chi connectivity index (χ4n) is 0.565. The highest BCUT2D eigenvalue weighted by atomic mass is 16.6. The fourth-order valence-corrected chi connectivity index (χ4v) is 0.565. The Hall–Kier alpha value is -0.215. The van der Waals surface area contributed by atoms with Crippen LogP contribution in [0.3, 0.4) is 0 Å². The molecule has 0 heterocycles. The van der Waals surface area contributed by atoms with Crippen LogP contribution in [-0.2, 0) is 9.31 Å². The van der Waals surface area contributed by atoms with E-state index in [1.165, 1.54) is 0 Å². The minimum absolute atomic E-state index is 0.160. The smallest absolute Gasteiger partial charge is 0.395 e. The minimum Gasteiger partial charge on any atom is -0.395 e. The summed E-state index contributed by atoms with van der Waals surface area (Å²) in [6.07, 6.45) is -2.01. The molecule has 0 aliphatic heterocycles. The second-order valence-electron chi connectivity index (χ2n) is 2.71. The van der Waals surface area contributed by atoms with Crippen LogP contribution < -0.4 is 5.64 Å². The van der Waals surface area contributed by atoms with Crippen LogP contribution in [0, 0.1) is 0 Å². The first-order valence-corrected chi connectivity index (χ1v) is 4.16. The molecular weight excluding hydrogens is 193 g/mol. The maximum atomic E-state index is 8.85. The van der Waals surface area contributed by atoms with Crippen LogP contribution in [-0.4, -0.2) is 66.3 Å². The van der Waals surface area contributed by atoms with Gasteiger partial charge in [0.1, 0.15) is 0 Å². The molecule has 0 aliphatic rings. The molecule has 14 heavy (non-hydrogen) atoms. The lowest BCUT2D eigenvalue weighted by atomic mass is 10.1. The predicted molar refractivity (Wildman–Crippen MR) is 48.0 cm³/mol. The average molecular weight is 209 g/mol. The highest BCUT2D eigenvalue weighted by Gasteiger charge is 2.16. The van der Waals surface area contributed by atoms with Gasteiger partial charge in [-0.2, -0.15) is 0 Å². The van der Waals surface area contributed by atoms with Crippen molar-refractivity contribution in [3.63, 3.8) is 0 Å². The van der Waals surface area contributed by atoms with Crippen LogP contribution in [0.2, 0.25) is 0 Å². The quantitative estimate of drug-likeness (QED) is 0.265. The summed E-state index contributed by atoms with van der Waals surface area (Å²) in [7, 11) is -1.10. The van der Waals surface area contributed by atoms with Gasteiger partial charge in [0.25, 0.3) is 0 Å². The number of aliphatic hydroxyl groups is 4. The van der Waals surface area contributed by atoms with Crippen LogP contribution in [0.25, 0.3) is 0 Å². The normalized spacial score (nSPS) is 15.2. The topological polar surface area (TPSA) is 125 Å². The molecular formula is C6H16BNO6. The first-order chi connectivity index (χ1) is 6.60. The van der Waals surface area contributed by atoms with Gasteiger partial charge in [-0.1, -0.05) is 0 Å². The number of aliphatic hydroxyl groups excluding tert-OH is 4. The third-order valence-corrected chi connectivity index (χ3v) is 1.33. The van der Waals surface area contributed by atoms with E-state index in [-0.39, 0.29) is 13.2 Å². The molecule has 0 amide bonds. The van der Waals surface area contributed by atoms with Crippen molar-refractivity contribution in [3.05, 3.63) is 0 Å². The summed E-state index contributed by atoms with van der Waals surface area (Å²) in [6.45, 7) is -1.17. The van der Waals surface area contributed by atoms with E-state index < -0.39 is 32.7 Å². The Balaban J connectivity index is 3.40. The molecule has 0 aliphatic carbocycles. The molecule has 0 aromatic heterocycles. The van der Waals surface area contributed by atoms with Crippen molar-refractivity contribution in [2.45, 2.75) is 12.2 Å². The van der Waals surface area contributed by atoms with E-state index in [9.17, 15) is 0 Å². The van der Waals surface area contributed by atoms with Gasteiger partial charge in [0, 0.05) is 0 Å². The average Bonchev–Trinajstić information content (AvgIpc) is 2.22. The van der Waals surface area contributed by atoms with E-state index in [1.54, 1.807) is 0 Å². The van der Waals surface area contributed by atoms with Crippen molar-refractivity contribution in [1.29, 1.82) is 0 Å². The molecule has 0 bridgehead atoms. The number of hydrogen-bond acceptors (Lipinski definition) is 7. The highest BCUT2D eigenvalue weighted by molar-refractivity contribution is 6.40. The van der Waals surface area contributed by atoms with Gasteiger partial charge in [-0.05, 0) is 0 Å². The molecule has 0 aromatic carbocycles. The van der Waals surface area contributed by atoms with Crippen molar-refractivity contribution in [2.75, 3.05) is 26.4 Å². The third-order valence-electron chi connectivity index (χ3n) is 1.33. The molecule has 0 radical (unpaired) electrons. The Bertz CT molecular complexity index is 125. The van der Waals surface area contributed by atoms with Gasteiger partial charge in [0.15, 0.2) is 0 Å². The van der Waals surface area contributed by atoms with Crippen LogP contribution in [0.5, 0.6) is 0 Å². The standard InChI is InChI=1S/C6H16BNO6/c8-7(13-3-5(11)1-9)14-4-6(12)2-10/h5-6,9-12H,1-4,8H2. The minimum atomic E-state index is -1.10. The molecule has 0 spiro atoms. The first-order valence-electron chi connectivity index (χ1n) is 4.16. The maximum absolute atomic E-state index is 8.85. The van der Waals surface area contributed by atoms with Crippen molar-refractivity contribution in [1.82, 2.24) is 0 Å². The van der Waals surface area contributed by atoms with Gasteiger partial charge in [-0.3, -0.25) is 0 Å². The van der Waals surface area contributed by atoms with Crippen molar-refractivity contribution >= 4 is 7.25 Å². The summed E-state index contributed by atoms with van der Waals surface area (Å²) in [6, 6.07) is 0. The molecule has 0 fully saturated rings. The van der Waals surface area contributed by atoms with Gasteiger partial charge >= 0.3 is 7.25 Å². The third kappa shape index (κ3) is 7.21. The lowest BCUT2D eigenvalue weighted by Gasteiger charge is -2.13. The van der Waals surface area contributed by atoms with E-state index in [0.717, 1.165) is 0 Å². The Kier molecular flexibility index (Phi) is 8.00. The zero-order valence-electron chi connectivity index (χ0n) is 7.74. The maximum Gasteiger partial charge on any atom is 0.552 e. The Morgan fingerprint density at radius 2 is 1.36 bits per heavy atom. The number of hydrogen-bond donors (Lipinski definition) is 5. The van der Waals surface area contributed by atoms with E-state index in [2.05, 4.69) is 0 Å². The largest absolute Gasteiger partial charge is 0.552 e. The van der Waals surface area contributed by atoms with Crippen molar-refractivity contribution in [2.24, 2.45) is 5.64 Å². The van der Waals surface area contributed by atoms with E-state index in [1.807, 2.05) is 0 Å². The monoisotopic (exact) mass is 209 g/mol. The molecule has 0 saturated heterocycles. The predicted octanol–water partition coefficient (Wildman–Crippen LogP) is -3.33. The lowest BCUT2D eigenvalue weighted by molar-refractivity contribution is 0.0228. The summed E-state index contributed by atoms with van der Waals surface area (Å²) in [5.41, 5.74) is 5.25. The molecule has 0 aromatic rings. The summed E-state index contributed by atoms with van der Waals surface area (Å²) < 4.78 is 9.48. The summed E-state index contributed by atoms with van der Waals surface area (Å²) in [4.78, 5) is 0. The zero-order chi connectivity index (χ0) is 11.0. The highest BCUT2D eigenvalue weighted by Crippen LogP contribution is 1.89. The van der Waals surface area contributed by atoms with E-state index in [0.29, 0.717) is 0 Å². The summed E-state index contributed by atoms with van der Waals surface area (Å²) in [5, 5.41) is 34.5. The summed E-state index contributed by atoms with van der Waals surface area (Å²) >= 11 is 0. The first kappa shape index (κ1) is 13.8. The van der Waals surface area contributed by atoms with Crippen LogP contribution in [0.1, 0.15) is 0 Å². The van der Waals surface area contributed by atoms with Gasteiger partial charge < -0.3 is 35.4 Å². The molecule has 6 N–H and O–H groups in total. The van der Waals surface area contributed by atoms with E-state index >= 15 is 0 Å². The molecule has 0 saturated carbocycles. The van der Waals surface area contributed by atoms with Gasteiger partial charge in [-0.25, -0.2) is 0 Å². The fraction of sp³-hybridized carbons (Fsp3) is 1.00. The van der Waals surface area contributed by atoms with E-state index in [4.69, 9.17) is 35.4 Å². The van der Waals surface area contributed by atoms with Crippen molar-refractivity contribution in [3.8, 4) is 0 Å². The molecule has 2 atom stereocenters. The van der Waals surface area contributed by atoms with Gasteiger partial charge in [0.05, 0.1) is 38.6 Å². The van der Waals surface area contributed by atoms with Gasteiger partial charge in [0.2, 0.25) is 0 Å². The van der Waals surface area contributed by atoms with Crippen LogP contribution in [0.15, 0.2) is 0 Å². The number of nitrogens with two attached hydrogens (primary N) is 1. The Labute approximate surface area is 82.2 Å². The Morgan fingerprint density at radius 1 is 1.00 bits per heavy atom. The van der Waals surface area contributed by atoms with Crippen LogP contribution in [0.4, 0.5) is 0 Å². The molecule has 2 unspecified atom stereocenters. The second-order valence-corrected chi connectivity index (χ2v) is 2.71. The lowest BCUT2D eigenvalue weighted by Crippen LogP contribution is -2.39. The second kappa shape index (κ2) is 8.12. The molecule has 0 rings (SSSR count).